The molecule has 2 aromatic carbocycles. The van der Waals surface area contributed by atoms with Crippen molar-refractivity contribution >= 4 is 29.7 Å². The molecular formula is C28H34N4O5. The van der Waals surface area contributed by atoms with Gasteiger partial charge in [-0.25, -0.2) is 9.59 Å². The van der Waals surface area contributed by atoms with E-state index in [0.717, 1.165) is 41.2 Å². The second-order valence-corrected chi connectivity index (χ2v) is 9.61. The molecular weight excluding hydrogens is 472 g/mol. The van der Waals surface area contributed by atoms with Crippen LogP contribution in [0.3, 0.4) is 0 Å². The quantitative estimate of drug-likeness (QED) is 0.501. The number of ether oxygens (including phenoxy) is 2. The molecule has 37 heavy (non-hydrogen) atoms. The van der Waals surface area contributed by atoms with E-state index in [0.29, 0.717) is 38.2 Å². The largest absolute Gasteiger partial charge is 0.494 e. The zero-order chi connectivity index (χ0) is 26.6. The fourth-order valence-corrected chi connectivity index (χ4v) is 4.71. The van der Waals surface area contributed by atoms with Crippen LogP contribution >= 0.6 is 0 Å². The van der Waals surface area contributed by atoms with Gasteiger partial charge in [0.05, 0.1) is 24.4 Å². The van der Waals surface area contributed by atoms with Crippen LogP contribution in [-0.4, -0.2) is 60.1 Å². The number of aryl methyl sites for hydroxylation is 1. The van der Waals surface area contributed by atoms with E-state index in [1.807, 2.05) is 26.8 Å². The SMILES string of the molecule is CCOc1cc(CN2CCC3(CC2)CN(c2ccc(C(=O)O)cc2)C(=O)O3)c(N=CC(C)=CN)cc1C. The van der Waals surface area contributed by atoms with E-state index in [1.165, 1.54) is 18.3 Å². The molecule has 1 spiro atoms. The summed E-state index contributed by atoms with van der Waals surface area (Å²) in [5.41, 5.74) is 9.73. The minimum Gasteiger partial charge on any atom is -0.494 e. The number of likely N-dealkylation sites (tertiary alicyclic amines) is 1. The van der Waals surface area contributed by atoms with Crippen molar-refractivity contribution in [1.82, 2.24) is 4.90 Å². The summed E-state index contributed by atoms with van der Waals surface area (Å²) in [5, 5.41) is 9.13. The van der Waals surface area contributed by atoms with Crippen LogP contribution in [0.5, 0.6) is 5.75 Å². The van der Waals surface area contributed by atoms with E-state index in [-0.39, 0.29) is 5.56 Å². The molecule has 2 heterocycles. The van der Waals surface area contributed by atoms with Crippen LogP contribution in [0.15, 0.2) is 53.2 Å². The first-order chi connectivity index (χ1) is 17.7. The molecule has 0 atom stereocenters. The van der Waals surface area contributed by atoms with Gasteiger partial charge in [-0.2, -0.15) is 0 Å². The Morgan fingerprint density at radius 2 is 1.95 bits per heavy atom. The number of nitrogens with zero attached hydrogens (tertiary/aromatic N) is 3. The van der Waals surface area contributed by atoms with E-state index >= 15 is 0 Å². The van der Waals surface area contributed by atoms with Crippen molar-refractivity contribution in [3.63, 3.8) is 0 Å². The number of benzene rings is 2. The lowest BCUT2D eigenvalue weighted by Gasteiger charge is -2.37. The van der Waals surface area contributed by atoms with Gasteiger partial charge in [-0.05, 0) is 80.1 Å². The molecule has 3 N–H and O–H groups in total. The predicted molar refractivity (Wildman–Crippen MR) is 143 cm³/mol. The summed E-state index contributed by atoms with van der Waals surface area (Å²) in [4.78, 5) is 32.4. The number of piperidine rings is 1. The summed E-state index contributed by atoms with van der Waals surface area (Å²) in [7, 11) is 0. The van der Waals surface area contributed by atoms with Gasteiger partial charge < -0.3 is 20.3 Å². The fraction of sp³-hybridized carbons (Fsp3) is 0.393. The number of carbonyl (C=O) groups is 2. The predicted octanol–water partition coefficient (Wildman–Crippen LogP) is 4.65. The summed E-state index contributed by atoms with van der Waals surface area (Å²) in [6, 6.07) is 10.4. The highest BCUT2D eigenvalue weighted by Gasteiger charge is 2.47. The van der Waals surface area contributed by atoms with Crippen LogP contribution in [0.1, 0.15) is 48.2 Å². The Bertz CT molecular complexity index is 1210. The first-order valence-electron chi connectivity index (χ1n) is 12.5. The van der Waals surface area contributed by atoms with Crippen LogP contribution in [0.2, 0.25) is 0 Å². The lowest BCUT2D eigenvalue weighted by molar-refractivity contribution is -0.000954. The van der Waals surface area contributed by atoms with Crippen molar-refractivity contribution in [2.24, 2.45) is 10.7 Å². The molecule has 0 unspecified atom stereocenters. The standard InChI is InChI=1S/C28H34N4O5/c1-4-36-25-14-22(24(13-20(25)3)30-16-19(2)15-29)17-31-11-9-28(10-12-31)18-32(27(35)37-28)23-7-5-21(6-8-23)26(33)34/h5-8,13-16H,4,9-12,17-18,29H2,1-3H3,(H,33,34). The number of carboxylic acids is 1. The average Bonchev–Trinajstić information content (AvgIpc) is 3.21. The first-order valence-corrected chi connectivity index (χ1v) is 12.5. The van der Waals surface area contributed by atoms with Gasteiger partial charge in [0.2, 0.25) is 0 Å². The van der Waals surface area contributed by atoms with Crippen LogP contribution in [0.25, 0.3) is 0 Å². The van der Waals surface area contributed by atoms with E-state index in [9.17, 15) is 9.59 Å². The van der Waals surface area contributed by atoms with E-state index in [2.05, 4.69) is 16.0 Å². The molecule has 0 aliphatic carbocycles. The molecule has 2 aromatic rings. The second-order valence-electron chi connectivity index (χ2n) is 9.61. The Labute approximate surface area is 217 Å². The van der Waals surface area contributed by atoms with Gasteiger partial charge in [-0.15, -0.1) is 0 Å². The highest BCUT2D eigenvalue weighted by molar-refractivity contribution is 5.92. The van der Waals surface area contributed by atoms with Crippen molar-refractivity contribution in [1.29, 1.82) is 0 Å². The van der Waals surface area contributed by atoms with E-state index in [4.69, 9.17) is 20.3 Å². The number of carboxylic acid groups (broad SMARTS) is 1. The van der Waals surface area contributed by atoms with Gasteiger partial charge in [0, 0.05) is 44.4 Å². The van der Waals surface area contributed by atoms with E-state index in [1.54, 1.807) is 23.2 Å². The molecule has 9 nitrogen and oxygen atoms in total. The van der Waals surface area contributed by atoms with Crippen molar-refractivity contribution in [2.75, 3.05) is 31.1 Å². The Morgan fingerprint density at radius 3 is 2.57 bits per heavy atom. The monoisotopic (exact) mass is 506 g/mol. The number of amides is 1. The maximum atomic E-state index is 12.7. The minimum absolute atomic E-state index is 0.181. The smallest absolute Gasteiger partial charge is 0.415 e. The normalized spacial score (nSPS) is 18.0. The average molecular weight is 507 g/mol. The summed E-state index contributed by atoms with van der Waals surface area (Å²) in [6.45, 7) is 9.15. The summed E-state index contributed by atoms with van der Waals surface area (Å²) in [6.07, 6.45) is 4.32. The molecule has 0 radical (unpaired) electrons. The number of carbonyl (C=O) groups excluding carboxylic acids is 1. The number of nitrogens with two attached hydrogens (primary N) is 1. The molecule has 2 aliphatic heterocycles. The molecule has 1 amide bonds. The number of aromatic carboxylic acids is 1. The fourth-order valence-electron chi connectivity index (χ4n) is 4.71. The van der Waals surface area contributed by atoms with Gasteiger partial charge in [0.15, 0.2) is 0 Å². The first kappa shape index (κ1) is 26.2. The van der Waals surface area contributed by atoms with Crippen molar-refractivity contribution in [3.8, 4) is 5.75 Å². The number of aliphatic imine (C=N–C) groups is 1. The molecule has 4 rings (SSSR count). The number of allylic oxidation sites excluding steroid dienone is 1. The second kappa shape index (κ2) is 11.0. The van der Waals surface area contributed by atoms with Crippen LogP contribution in [-0.2, 0) is 11.3 Å². The van der Waals surface area contributed by atoms with Crippen molar-refractivity contribution < 1.29 is 24.2 Å². The topological polar surface area (TPSA) is 118 Å². The molecule has 0 aromatic heterocycles. The number of anilines is 1. The maximum Gasteiger partial charge on any atom is 0.415 e. The van der Waals surface area contributed by atoms with E-state index < -0.39 is 17.7 Å². The third-order valence-electron chi connectivity index (χ3n) is 6.90. The third-order valence-corrected chi connectivity index (χ3v) is 6.90. The minimum atomic E-state index is -0.999. The van der Waals surface area contributed by atoms with Crippen LogP contribution in [0, 0.1) is 6.92 Å². The zero-order valence-corrected chi connectivity index (χ0v) is 21.6. The molecule has 2 aliphatic rings. The Balaban J connectivity index is 1.45. The Kier molecular flexibility index (Phi) is 7.83. The molecule has 2 fully saturated rings. The summed E-state index contributed by atoms with van der Waals surface area (Å²) >= 11 is 0. The highest BCUT2D eigenvalue weighted by Crippen LogP contribution is 2.37. The zero-order valence-electron chi connectivity index (χ0n) is 21.6. The number of rotatable bonds is 8. The molecule has 9 heteroatoms. The Hall–Kier alpha value is -3.85. The third kappa shape index (κ3) is 5.94. The van der Waals surface area contributed by atoms with Crippen molar-refractivity contribution in [3.05, 3.63) is 64.9 Å². The van der Waals surface area contributed by atoms with Crippen LogP contribution in [0.4, 0.5) is 16.2 Å². The molecule has 196 valence electrons. The number of hydrogen-bond acceptors (Lipinski definition) is 7. The molecule has 0 saturated carbocycles. The molecule has 0 bridgehead atoms. The lowest BCUT2D eigenvalue weighted by Crippen LogP contribution is -2.46. The maximum absolute atomic E-state index is 12.7. The van der Waals surface area contributed by atoms with Crippen LogP contribution < -0.4 is 15.4 Å². The number of hydrogen-bond donors (Lipinski definition) is 2. The van der Waals surface area contributed by atoms with Gasteiger partial charge in [-0.3, -0.25) is 14.8 Å². The Morgan fingerprint density at radius 1 is 1.24 bits per heavy atom. The van der Waals surface area contributed by atoms with Gasteiger partial charge in [-0.1, -0.05) is 0 Å². The highest BCUT2D eigenvalue weighted by atomic mass is 16.6. The lowest BCUT2D eigenvalue weighted by atomic mass is 9.91. The molecule has 2 saturated heterocycles. The van der Waals surface area contributed by atoms with Gasteiger partial charge in [0.25, 0.3) is 0 Å². The van der Waals surface area contributed by atoms with Gasteiger partial charge in [0.1, 0.15) is 11.4 Å². The summed E-state index contributed by atoms with van der Waals surface area (Å²) in [5.74, 6) is -0.147. The van der Waals surface area contributed by atoms with Crippen molar-refractivity contribution in [2.45, 2.75) is 45.8 Å². The summed E-state index contributed by atoms with van der Waals surface area (Å²) < 4.78 is 11.7. The van der Waals surface area contributed by atoms with Gasteiger partial charge >= 0.3 is 12.1 Å².